The van der Waals surface area contributed by atoms with E-state index in [0.29, 0.717) is 0 Å². The summed E-state index contributed by atoms with van der Waals surface area (Å²) in [7, 11) is 0. The average molecular weight is 466 g/mol. The molecule has 0 rings (SSSR count). The van der Waals surface area contributed by atoms with Gasteiger partial charge in [-0.3, -0.25) is 0 Å². The van der Waals surface area contributed by atoms with E-state index in [1.165, 1.54) is 180 Å². The van der Waals surface area contributed by atoms with Crippen molar-refractivity contribution >= 4 is 0 Å². The third-order valence-electron chi connectivity index (χ3n) is 7.51. The topological polar surface area (TPSA) is 12.0 Å². The Bertz CT molecular complexity index is 326. The van der Waals surface area contributed by atoms with Crippen LogP contribution in [0.15, 0.2) is 0 Å². The van der Waals surface area contributed by atoms with Crippen LogP contribution in [0, 0.1) is 0 Å². The monoisotopic (exact) mass is 466 g/mol. The number of hydrogen-bond acceptors (Lipinski definition) is 1. The Balaban J connectivity index is 3.35. The minimum atomic E-state index is 0.784. The molecule has 1 N–H and O–H groups in total. The van der Waals surface area contributed by atoms with E-state index in [9.17, 15) is 0 Å². The Hall–Kier alpha value is -0.0400. The Morgan fingerprint density at radius 2 is 0.667 bits per heavy atom. The molecule has 0 saturated carbocycles. The van der Waals surface area contributed by atoms with Gasteiger partial charge in [-0.25, -0.2) is 0 Å². The van der Waals surface area contributed by atoms with Gasteiger partial charge in [-0.2, -0.15) is 0 Å². The Labute approximate surface area is 212 Å². The van der Waals surface area contributed by atoms with Crippen LogP contribution in [0.4, 0.5) is 0 Å². The lowest BCUT2D eigenvalue weighted by Gasteiger charge is -2.18. The van der Waals surface area contributed by atoms with Crippen LogP contribution in [0.5, 0.6) is 0 Å². The highest BCUT2D eigenvalue weighted by atomic mass is 14.9. The van der Waals surface area contributed by atoms with E-state index in [-0.39, 0.29) is 0 Å². The van der Waals surface area contributed by atoms with Crippen LogP contribution in [0.2, 0.25) is 0 Å². The van der Waals surface area contributed by atoms with Crippen LogP contribution in [0.25, 0.3) is 0 Å². The van der Waals surface area contributed by atoms with Gasteiger partial charge in [0.05, 0.1) is 0 Å². The highest BCUT2D eigenvalue weighted by Crippen LogP contribution is 2.15. The molecule has 0 heterocycles. The fraction of sp³-hybridized carbons (Fsp3) is 1.00. The quantitative estimate of drug-likeness (QED) is 0.108. The minimum absolute atomic E-state index is 0.784. The van der Waals surface area contributed by atoms with E-state index in [2.05, 4.69) is 26.1 Å². The Morgan fingerprint density at radius 1 is 0.333 bits per heavy atom. The lowest BCUT2D eigenvalue weighted by atomic mass is 10.0. The highest BCUT2D eigenvalue weighted by molar-refractivity contribution is 4.66. The summed E-state index contributed by atoms with van der Waals surface area (Å²) < 4.78 is 0. The molecule has 0 aromatic rings. The maximum Gasteiger partial charge on any atom is 0.00669 e. The molecule has 0 aliphatic carbocycles. The van der Waals surface area contributed by atoms with Crippen LogP contribution >= 0.6 is 0 Å². The summed E-state index contributed by atoms with van der Waals surface area (Å²) in [5.41, 5.74) is 0. The third-order valence-corrected chi connectivity index (χ3v) is 7.51. The summed E-state index contributed by atoms with van der Waals surface area (Å²) in [6.07, 6.45) is 39.0. The van der Waals surface area contributed by atoms with E-state index < -0.39 is 0 Å². The zero-order valence-electron chi connectivity index (χ0n) is 23.9. The van der Waals surface area contributed by atoms with Crippen LogP contribution < -0.4 is 5.32 Å². The van der Waals surface area contributed by atoms with Crippen molar-refractivity contribution < 1.29 is 0 Å². The molecule has 1 atom stereocenters. The largest absolute Gasteiger partial charge is 0.314 e. The molecule has 0 aromatic carbocycles. The molecule has 1 nitrogen and oxygen atoms in total. The first-order chi connectivity index (χ1) is 16.3. The second-order valence-corrected chi connectivity index (χ2v) is 11.0. The normalized spacial score (nSPS) is 12.5. The van der Waals surface area contributed by atoms with Gasteiger partial charge in [-0.1, -0.05) is 175 Å². The van der Waals surface area contributed by atoms with Gasteiger partial charge in [0.25, 0.3) is 0 Å². The van der Waals surface area contributed by atoms with Gasteiger partial charge in [-0.05, 0) is 25.8 Å². The van der Waals surface area contributed by atoms with Crippen molar-refractivity contribution in [3.8, 4) is 0 Å². The van der Waals surface area contributed by atoms with E-state index in [1.54, 1.807) is 0 Å². The highest BCUT2D eigenvalue weighted by Gasteiger charge is 2.06. The number of hydrogen-bond donors (Lipinski definition) is 1. The lowest BCUT2D eigenvalue weighted by molar-refractivity contribution is 0.418. The predicted molar refractivity (Wildman–Crippen MR) is 153 cm³/mol. The van der Waals surface area contributed by atoms with Gasteiger partial charge in [0.2, 0.25) is 0 Å². The van der Waals surface area contributed by atoms with E-state index in [1.807, 2.05) is 0 Å². The fourth-order valence-electron chi connectivity index (χ4n) is 5.20. The van der Waals surface area contributed by atoms with Crippen LogP contribution in [0.1, 0.15) is 194 Å². The lowest BCUT2D eigenvalue weighted by Crippen LogP contribution is -2.29. The summed E-state index contributed by atoms with van der Waals surface area (Å²) in [5.74, 6) is 0. The Morgan fingerprint density at radius 3 is 1.03 bits per heavy atom. The summed E-state index contributed by atoms with van der Waals surface area (Å²) in [4.78, 5) is 0. The molecule has 0 aliphatic heterocycles. The summed E-state index contributed by atoms with van der Waals surface area (Å²) >= 11 is 0. The van der Waals surface area contributed by atoms with Crippen molar-refractivity contribution in [3.05, 3.63) is 0 Å². The summed E-state index contributed by atoms with van der Waals surface area (Å²) in [5, 5.41) is 3.88. The van der Waals surface area contributed by atoms with E-state index in [4.69, 9.17) is 0 Å². The second-order valence-electron chi connectivity index (χ2n) is 11.0. The second kappa shape index (κ2) is 30.0. The Kier molecular flexibility index (Phi) is 30.0. The third kappa shape index (κ3) is 28.1. The molecular formula is C32H67N. The van der Waals surface area contributed by atoms with Crippen molar-refractivity contribution in [3.63, 3.8) is 0 Å². The van der Waals surface area contributed by atoms with Crippen molar-refractivity contribution in [2.75, 3.05) is 6.54 Å². The summed E-state index contributed by atoms with van der Waals surface area (Å²) in [6.45, 7) is 8.20. The molecule has 1 unspecified atom stereocenters. The number of rotatable bonds is 29. The van der Waals surface area contributed by atoms with Crippen LogP contribution in [-0.4, -0.2) is 12.6 Å². The average Bonchev–Trinajstić information content (AvgIpc) is 2.82. The van der Waals surface area contributed by atoms with Gasteiger partial charge in [0, 0.05) is 6.04 Å². The van der Waals surface area contributed by atoms with Crippen LogP contribution in [-0.2, 0) is 0 Å². The first kappa shape index (κ1) is 33.0. The number of unbranched alkanes of at least 4 members (excludes halogenated alkanes) is 22. The molecule has 0 amide bonds. The molecule has 0 bridgehead atoms. The molecule has 0 aliphatic rings. The van der Waals surface area contributed by atoms with Crippen molar-refractivity contribution in [1.29, 1.82) is 0 Å². The van der Waals surface area contributed by atoms with Crippen LogP contribution in [0.3, 0.4) is 0 Å². The summed E-state index contributed by atoms with van der Waals surface area (Å²) in [6, 6.07) is 0.784. The van der Waals surface area contributed by atoms with Gasteiger partial charge in [0.15, 0.2) is 0 Å². The maximum absolute atomic E-state index is 3.88. The van der Waals surface area contributed by atoms with Gasteiger partial charge in [0.1, 0.15) is 0 Å². The predicted octanol–water partition coefficient (Wildman–Crippen LogP) is 11.5. The SMILES string of the molecule is CCCCCCCCCCCCCCCCCCC(CCC)NCCCCCCCCCC. The molecule has 1 heteroatoms. The zero-order valence-corrected chi connectivity index (χ0v) is 23.9. The van der Waals surface area contributed by atoms with Crippen molar-refractivity contribution in [1.82, 2.24) is 5.32 Å². The van der Waals surface area contributed by atoms with Gasteiger partial charge >= 0.3 is 0 Å². The molecule has 33 heavy (non-hydrogen) atoms. The standard InChI is InChI=1S/C32H67N/c1-4-7-9-11-13-15-16-17-18-19-20-21-22-23-25-27-30-32(29-6-3)33-31-28-26-24-14-12-10-8-5-2/h32-33H,4-31H2,1-3H3. The fourth-order valence-corrected chi connectivity index (χ4v) is 5.20. The van der Waals surface area contributed by atoms with Gasteiger partial charge in [-0.15, -0.1) is 0 Å². The molecule has 0 aromatic heterocycles. The molecule has 0 fully saturated rings. The number of nitrogens with one attached hydrogen (secondary N) is 1. The smallest absolute Gasteiger partial charge is 0.00669 e. The first-order valence-corrected chi connectivity index (χ1v) is 16.1. The molecular weight excluding hydrogens is 398 g/mol. The van der Waals surface area contributed by atoms with E-state index in [0.717, 1.165) is 6.04 Å². The maximum atomic E-state index is 3.88. The van der Waals surface area contributed by atoms with Crippen molar-refractivity contribution in [2.45, 2.75) is 200 Å². The molecule has 200 valence electrons. The molecule has 0 radical (unpaired) electrons. The molecule has 0 spiro atoms. The van der Waals surface area contributed by atoms with Crippen molar-refractivity contribution in [2.24, 2.45) is 0 Å². The minimum Gasteiger partial charge on any atom is -0.314 e. The zero-order chi connectivity index (χ0) is 24.1. The molecule has 0 saturated heterocycles. The first-order valence-electron chi connectivity index (χ1n) is 16.1. The van der Waals surface area contributed by atoms with Gasteiger partial charge < -0.3 is 5.32 Å². The van der Waals surface area contributed by atoms with E-state index >= 15 is 0 Å².